The predicted octanol–water partition coefficient (Wildman–Crippen LogP) is 3.13. The highest BCUT2D eigenvalue weighted by atomic mass is 79.9. The second kappa shape index (κ2) is 5.36. The maximum absolute atomic E-state index is 13.1. The molecular formula is C13H11BrFN3O. The van der Waals surface area contributed by atoms with Crippen LogP contribution in [0.2, 0.25) is 0 Å². The molecule has 0 saturated carbocycles. The Bertz CT molecular complexity index is 646. The van der Waals surface area contributed by atoms with E-state index >= 15 is 0 Å². The van der Waals surface area contributed by atoms with E-state index in [0.717, 1.165) is 5.69 Å². The maximum atomic E-state index is 13.1. The summed E-state index contributed by atoms with van der Waals surface area (Å²) in [6.45, 7) is 1.79. The van der Waals surface area contributed by atoms with E-state index in [-0.39, 0.29) is 15.9 Å². The van der Waals surface area contributed by atoms with Crippen molar-refractivity contribution in [2.75, 3.05) is 11.1 Å². The fourth-order valence-corrected chi connectivity index (χ4v) is 1.92. The number of carbonyl (C=O) groups is 1. The third-order valence-electron chi connectivity index (χ3n) is 2.49. The van der Waals surface area contributed by atoms with Gasteiger partial charge in [-0.15, -0.1) is 0 Å². The smallest absolute Gasteiger partial charge is 0.259 e. The molecule has 0 fully saturated rings. The van der Waals surface area contributed by atoms with Crippen LogP contribution in [0.3, 0.4) is 0 Å². The molecule has 3 N–H and O–H groups in total. The Morgan fingerprint density at radius 3 is 2.79 bits per heavy atom. The number of amides is 1. The summed E-state index contributed by atoms with van der Waals surface area (Å²) in [5.41, 5.74) is 7.60. The Morgan fingerprint density at radius 2 is 2.16 bits per heavy atom. The van der Waals surface area contributed by atoms with Crippen molar-refractivity contribution in [1.82, 2.24) is 4.98 Å². The van der Waals surface area contributed by atoms with Crippen molar-refractivity contribution in [2.45, 2.75) is 6.92 Å². The zero-order valence-corrected chi connectivity index (χ0v) is 11.7. The molecule has 1 aromatic heterocycles. The second-order valence-corrected chi connectivity index (χ2v) is 4.85. The van der Waals surface area contributed by atoms with Gasteiger partial charge in [-0.2, -0.15) is 0 Å². The van der Waals surface area contributed by atoms with Crippen LogP contribution in [-0.4, -0.2) is 10.9 Å². The lowest BCUT2D eigenvalue weighted by Crippen LogP contribution is -2.14. The minimum Gasteiger partial charge on any atom is -0.398 e. The van der Waals surface area contributed by atoms with Gasteiger partial charge < -0.3 is 11.1 Å². The van der Waals surface area contributed by atoms with Gasteiger partial charge in [0, 0.05) is 23.3 Å². The molecule has 0 unspecified atom stereocenters. The lowest BCUT2D eigenvalue weighted by atomic mass is 10.2. The van der Waals surface area contributed by atoms with Gasteiger partial charge >= 0.3 is 0 Å². The van der Waals surface area contributed by atoms with E-state index in [9.17, 15) is 9.18 Å². The zero-order valence-electron chi connectivity index (χ0n) is 10.1. The number of nitrogens with two attached hydrogens (primary N) is 1. The number of rotatable bonds is 2. The van der Waals surface area contributed by atoms with Gasteiger partial charge in [-0.1, -0.05) is 0 Å². The van der Waals surface area contributed by atoms with E-state index in [1.807, 2.05) is 0 Å². The SMILES string of the molecule is Cc1cc(N)c(C(=O)Nc2ccc(F)c(Br)c2)cn1. The monoisotopic (exact) mass is 323 g/mol. The van der Waals surface area contributed by atoms with Crippen LogP contribution in [0, 0.1) is 12.7 Å². The molecule has 0 bridgehead atoms. The minimum absolute atomic E-state index is 0.278. The summed E-state index contributed by atoms with van der Waals surface area (Å²) < 4.78 is 13.4. The number of hydrogen-bond acceptors (Lipinski definition) is 3. The fourth-order valence-electron chi connectivity index (χ4n) is 1.54. The van der Waals surface area contributed by atoms with E-state index in [4.69, 9.17) is 5.73 Å². The van der Waals surface area contributed by atoms with Crippen LogP contribution in [0.1, 0.15) is 16.1 Å². The third kappa shape index (κ3) is 3.08. The van der Waals surface area contributed by atoms with Crippen LogP contribution in [0.15, 0.2) is 34.9 Å². The first-order valence-corrected chi connectivity index (χ1v) is 6.25. The van der Waals surface area contributed by atoms with Crippen LogP contribution in [0.25, 0.3) is 0 Å². The number of pyridine rings is 1. The van der Waals surface area contributed by atoms with E-state index in [2.05, 4.69) is 26.2 Å². The van der Waals surface area contributed by atoms with Gasteiger partial charge in [0.25, 0.3) is 5.91 Å². The maximum Gasteiger partial charge on any atom is 0.259 e. The van der Waals surface area contributed by atoms with E-state index in [0.29, 0.717) is 11.4 Å². The third-order valence-corrected chi connectivity index (χ3v) is 3.10. The summed E-state index contributed by atoms with van der Waals surface area (Å²) >= 11 is 3.05. The number of anilines is 2. The molecule has 4 nitrogen and oxygen atoms in total. The van der Waals surface area contributed by atoms with Gasteiger partial charge in [-0.05, 0) is 47.1 Å². The molecule has 0 spiro atoms. The largest absolute Gasteiger partial charge is 0.398 e. The van der Waals surface area contributed by atoms with Crippen LogP contribution < -0.4 is 11.1 Å². The van der Waals surface area contributed by atoms with E-state index < -0.39 is 5.82 Å². The average Bonchev–Trinajstić information content (AvgIpc) is 2.33. The normalized spacial score (nSPS) is 10.3. The first kappa shape index (κ1) is 13.5. The van der Waals surface area contributed by atoms with Crippen molar-refractivity contribution >= 4 is 33.2 Å². The Kier molecular flexibility index (Phi) is 3.80. The van der Waals surface area contributed by atoms with Crippen molar-refractivity contribution in [3.05, 3.63) is 52.0 Å². The van der Waals surface area contributed by atoms with Crippen molar-refractivity contribution in [1.29, 1.82) is 0 Å². The molecule has 0 aliphatic carbocycles. The zero-order chi connectivity index (χ0) is 14.0. The molecular weight excluding hydrogens is 313 g/mol. The van der Waals surface area contributed by atoms with Gasteiger partial charge in [0.1, 0.15) is 5.82 Å². The van der Waals surface area contributed by atoms with E-state index in [1.165, 1.54) is 24.4 Å². The summed E-state index contributed by atoms with van der Waals surface area (Å²) in [6.07, 6.45) is 1.42. The van der Waals surface area contributed by atoms with Gasteiger partial charge in [-0.3, -0.25) is 9.78 Å². The molecule has 19 heavy (non-hydrogen) atoms. The molecule has 2 rings (SSSR count). The quantitative estimate of drug-likeness (QED) is 0.892. The summed E-state index contributed by atoms with van der Waals surface area (Å²) in [5, 5.41) is 2.63. The highest BCUT2D eigenvalue weighted by molar-refractivity contribution is 9.10. The number of nitrogen functional groups attached to an aromatic ring is 1. The first-order valence-electron chi connectivity index (χ1n) is 5.46. The van der Waals surface area contributed by atoms with Gasteiger partial charge in [0.2, 0.25) is 0 Å². The molecule has 0 aliphatic heterocycles. The van der Waals surface area contributed by atoms with Crippen LogP contribution in [-0.2, 0) is 0 Å². The molecule has 0 radical (unpaired) electrons. The molecule has 98 valence electrons. The lowest BCUT2D eigenvalue weighted by molar-refractivity contribution is 0.102. The Hall–Kier alpha value is -1.95. The second-order valence-electron chi connectivity index (χ2n) is 4.00. The molecule has 0 aliphatic rings. The summed E-state index contributed by atoms with van der Waals surface area (Å²) in [7, 11) is 0. The highest BCUT2D eigenvalue weighted by Crippen LogP contribution is 2.21. The number of nitrogens with one attached hydrogen (secondary N) is 1. The number of halogens is 2. The fraction of sp³-hybridized carbons (Fsp3) is 0.0769. The standard InChI is InChI=1S/C13H11BrFN3O/c1-7-4-12(16)9(6-17-7)13(19)18-8-2-3-11(15)10(14)5-8/h2-6H,1H3,(H2,16,17)(H,18,19). The summed E-state index contributed by atoms with van der Waals surface area (Å²) in [5.74, 6) is -0.780. The van der Waals surface area contributed by atoms with Crippen molar-refractivity contribution in [2.24, 2.45) is 0 Å². The van der Waals surface area contributed by atoms with Gasteiger partial charge in [0.05, 0.1) is 10.0 Å². The highest BCUT2D eigenvalue weighted by Gasteiger charge is 2.11. The van der Waals surface area contributed by atoms with Crippen molar-refractivity contribution < 1.29 is 9.18 Å². The Labute approximate surface area is 118 Å². The van der Waals surface area contributed by atoms with Crippen LogP contribution in [0.4, 0.5) is 15.8 Å². The van der Waals surface area contributed by atoms with Crippen molar-refractivity contribution in [3.63, 3.8) is 0 Å². The topological polar surface area (TPSA) is 68.0 Å². The first-order chi connectivity index (χ1) is 8.97. The molecule has 1 amide bonds. The molecule has 1 heterocycles. The van der Waals surface area contributed by atoms with Gasteiger partial charge in [0.15, 0.2) is 0 Å². The average molecular weight is 324 g/mol. The molecule has 2 aromatic rings. The molecule has 1 aromatic carbocycles. The predicted molar refractivity (Wildman–Crippen MR) is 75.4 cm³/mol. The number of carbonyl (C=O) groups excluding carboxylic acids is 1. The molecule has 6 heteroatoms. The molecule has 0 saturated heterocycles. The number of aryl methyl sites for hydroxylation is 1. The number of aromatic nitrogens is 1. The number of nitrogens with zero attached hydrogens (tertiary/aromatic N) is 1. The number of hydrogen-bond donors (Lipinski definition) is 2. The number of benzene rings is 1. The summed E-state index contributed by atoms with van der Waals surface area (Å²) in [6, 6.07) is 5.83. The lowest BCUT2D eigenvalue weighted by Gasteiger charge is -2.08. The Morgan fingerprint density at radius 1 is 1.42 bits per heavy atom. The van der Waals surface area contributed by atoms with Crippen molar-refractivity contribution in [3.8, 4) is 0 Å². The molecule has 0 atom stereocenters. The van der Waals surface area contributed by atoms with Gasteiger partial charge in [-0.25, -0.2) is 4.39 Å². The van der Waals surface area contributed by atoms with E-state index in [1.54, 1.807) is 13.0 Å². The minimum atomic E-state index is -0.394. The van der Waals surface area contributed by atoms with Crippen LogP contribution in [0.5, 0.6) is 0 Å². The van der Waals surface area contributed by atoms with Crippen LogP contribution >= 0.6 is 15.9 Å². The summed E-state index contributed by atoms with van der Waals surface area (Å²) in [4.78, 5) is 16.0. The Balaban J connectivity index is 2.23.